The van der Waals surface area contributed by atoms with Crippen molar-refractivity contribution < 1.29 is 9.59 Å². The molecule has 2 rings (SSSR count). The van der Waals surface area contributed by atoms with Crippen LogP contribution < -0.4 is 16.0 Å². The fourth-order valence-corrected chi connectivity index (χ4v) is 3.18. The molecule has 3 amide bonds. The van der Waals surface area contributed by atoms with Crippen LogP contribution in [0.1, 0.15) is 50.8 Å². The molecule has 0 spiro atoms. The lowest BCUT2D eigenvalue weighted by Gasteiger charge is -2.21. The van der Waals surface area contributed by atoms with Crippen LogP contribution in [0.25, 0.3) is 0 Å². The third-order valence-corrected chi connectivity index (χ3v) is 5.13. The van der Waals surface area contributed by atoms with E-state index in [2.05, 4.69) is 46.9 Å². The molecular weight excluding hydrogens is 469 g/mol. The molecule has 3 N–H and O–H groups in total. The summed E-state index contributed by atoms with van der Waals surface area (Å²) >= 11 is 0. The van der Waals surface area contributed by atoms with Crippen LogP contribution in [0.4, 0.5) is 4.79 Å². The Bertz CT molecular complexity index is 724. The molecule has 1 heterocycles. The molecule has 156 valence electrons. The Morgan fingerprint density at radius 1 is 1.32 bits per heavy atom. The molecule has 1 aliphatic rings. The molecular formula is C20H32IN5O2. The highest BCUT2D eigenvalue weighted by Crippen LogP contribution is 2.20. The average Bonchev–Trinajstić information content (AvgIpc) is 2.87. The molecule has 8 heteroatoms. The quantitative estimate of drug-likeness (QED) is 0.176. The second-order valence-electron chi connectivity index (χ2n) is 7.15. The number of amides is 3. The fraction of sp³-hybridized carbons (Fsp3) is 0.550. The van der Waals surface area contributed by atoms with Crippen LogP contribution >= 0.6 is 24.0 Å². The first-order valence-electron chi connectivity index (χ1n) is 9.49. The smallest absolute Gasteiger partial charge is 0.325 e. The molecule has 28 heavy (non-hydrogen) atoms. The topological polar surface area (TPSA) is 85.8 Å². The average molecular weight is 501 g/mol. The van der Waals surface area contributed by atoms with E-state index in [0.29, 0.717) is 31.9 Å². The molecule has 0 aromatic heterocycles. The number of benzene rings is 1. The number of rotatable bonds is 7. The Kier molecular flexibility index (Phi) is 9.19. The number of guanidine groups is 1. The molecule has 2 unspecified atom stereocenters. The normalized spacial score (nSPS) is 20.5. The van der Waals surface area contributed by atoms with Crippen molar-refractivity contribution in [2.45, 2.75) is 52.1 Å². The summed E-state index contributed by atoms with van der Waals surface area (Å²) in [6.07, 6.45) is 1.23. The van der Waals surface area contributed by atoms with Crippen molar-refractivity contribution in [2.24, 2.45) is 4.99 Å². The third-order valence-electron chi connectivity index (χ3n) is 5.13. The lowest BCUT2D eigenvalue weighted by molar-refractivity contribution is -0.130. The Balaban J connectivity index is 0.00000392. The van der Waals surface area contributed by atoms with Crippen molar-refractivity contribution >= 4 is 41.9 Å². The maximum Gasteiger partial charge on any atom is 0.325 e. The summed E-state index contributed by atoms with van der Waals surface area (Å²) in [5, 5.41) is 9.39. The number of urea groups is 1. The Hall–Kier alpha value is -1.84. The molecule has 1 aromatic rings. The van der Waals surface area contributed by atoms with Gasteiger partial charge in [0, 0.05) is 20.1 Å². The van der Waals surface area contributed by atoms with E-state index in [1.807, 2.05) is 19.1 Å². The number of nitrogens with zero attached hydrogens (tertiary/aromatic N) is 2. The highest BCUT2D eigenvalue weighted by molar-refractivity contribution is 14.0. The zero-order valence-corrected chi connectivity index (χ0v) is 19.7. The van der Waals surface area contributed by atoms with Crippen LogP contribution in [-0.2, 0) is 4.79 Å². The van der Waals surface area contributed by atoms with Crippen molar-refractivity contribution in [3.05, 3.63) is 35.4 Å². The summed E-state index contributed by atoms with van der Waals surface area (Å²) in [4.78, 5) is 29.9. The minimum Gasteiger partial charge on any atom is -0.356 e. The van der Waals surface area contributed by atoms with Gasteiger partial charge in [0.1, 0.15) is 5.54 Å². The number of aryl methyl sites for hydroxylation is 1. The number of aliphatic imine (C=N–C) groups is 1. The van der Waals surface area contributed by atoms with E-state index < -0.39 is 5.54 Å². The summed E-state index contributed by atoms with van der Waals surface area (Å²) < 4.78 is 0. The first-order chi connectivity index (χ1) is 12.8. The molecule has 7 nitrogen and oxygen atoms in total. The maximum absolute atomic E-state index is 12.4. The minimum atomic E-state index is -0.773. The van der Waals surface area contributed by atoms with Gasteiger partial charge in [-0.25, -0.2) is 4.79 Å². The van der Waals surface area contributed by atoms with Crippen LogP contribution in [0.3, 0.4) is 0 Å². The van der Waals surface area contributed by atoms with E-state index in [0.717, 1.165) is 0 Å². The van der Waals surface area contributed by atoms with Gasteiger partial charge in [-0.05, 0) is 44.7 Å². The van der Waals surface area contributed by atoms with Gasteiger partial charge in [0.25, 0.3) is 5.91 Å². The largest absolute Gasteiger partial charge is 0.356 e. The van der Waals surface area contributed by atoms with Gasteiger partial charge < -0.3 is 16.0 Å². The molecule has 1 aromatic carbocycles. The van der Waals surface area contributed by atoms with Gasteiger partial charge >= 0.3 is 6.03 Å². The minimum absolute atomic E-state index is 0. The Morgan fingerprint density at radius 3 is 2.57 bits per heavy atom. The lowest BCUT2D eigenvalue weighted by atomic mass is 9.99. The van der Waals surface area contributed by atoms with Crippen LogP contribution in [0, 0.1) is 6.92 Å². The summed E-state index contributed by atoms with van der Waals surface area (Å²) in [5.74, 6) is 0.548. The van der Waals surface area contributed by atoms with Crippen molar-refractivity contribution in [3.8, 4) is 0 Å². The summed E-state index contributed by atoms with van der Waals surface area (Å²) in [5.41, 5.74) is 1.68. The highest BCUT2D eigenvalue weighted by atomic mass is 127. The van der Waals surface area contributed by atoms with Crippen molar-refractivity contribution in [2.75, 3.05) is 20.1 Å². The number of halogens is 1. The fourth-order valence-electron chi connectivity index (χ4n) is 3.18. The van der Waals surface area contributed by atoms with E-state index in [4.69, 9.17) is 0 Å². The first-order valence-corrected chi connectivity index (χ1v) is 9.49. The highest BCUT2D eigenvalue weighted by Gasteiger charge is 2.45. The van der Waals surface area contributed by atoms with E-state index in [-0.39, 0.29) is 42.0 Å². The molecule has 0 aliphatic carbocycles. The van der Waals surface area contributed by atoms with Gasteiger partial charge in [-0.1, -0.05) is 31.2 Å². The molecule has 0 bridgehead atoms. The zero-order valence-electron chi connectivity index (χ0n) is 17.3. The predicted molar refractivity (Wildman–Crippen MR) is 123 cm³/mol. The first kappa shape index (κ1) is 24.2. The van der Waals surface area contributed by atoms with E-state index in [9.17, 15) is 9.59 Å². The second-order valence-corrected chi connectivity index (χ2v) is 7.15. The summed E-state index contributed by atoms with van der Waals surface area (Å²) in [6.45, 7) is 8.84. The van der Waals surface area contributed by atoms with E-state index in [1.165, 1.54) is 16.0 Å². The Morgan fingerprint density at radius 2 is 2.00 bits per heavy atom. The van der Waals surface area contributed by atoms with Gasteiger partial charge in [-0.2, -0.15) is 0 Å². The predicted octanol–water partition coefficient (Wildman–Crippen LogP) is 2.95. The zero-order chi connectivity index (χ0) is 20.0. The molecule has 2 atom stereocenters. The number of nitrogens with one attached hydrogen (secondary N) is 3. The van der Waals surface area contributed by atoms with Gasteiger partial charge in [0.2, 0.25) is 0 Å². The summed E-state index contributed by atoms with van der Waals surface area (Å²) in [6, 6.07) is 8.05. The van der Waals surface area contributed by atoms with Crippen molar-refractivity contribution in [1.82, 2.24) is 20.9 Å². The molecule has 0 radical (unpaired) electrons. The van der Waals surface area contributed by atoms with Gasteiger partial charge in [-0.15, -0.1) is 24.0 Å². The number of carbonyl (C=O) groups excluding carboxylic acids is 2. The van der Waals surface area contributed by atoms with Crippen molar-refractivity contribution in [1.29, 1.82) is 0 Å². The molecule has 1 aliphatic heterocycles. The van der Waals surface area contributed by atoms with Crippen LogP contribution in [-0.4, -0.2) is 48.5 Å². The van der Waals surface area contributed by atoms with Crippen LogP contribution in [0.15, 0.2) is 29.3 Å². The Labute approximate surface area is 184 Å². The lowest BCUT2D eigenvalue weighted by Crippen LogP contribution is -2.43. The number of hydrogen-bond donors (Lipinski definition) is 3. The maximum atomic E-state index is 12.4. The molecule has 1 saturated heterocycles. The molecule has 0 saturated carbocycles. The van der Waals surface area contributed by atoms with Gasteiger partial charge in [-0.3, -0.25) is 14.7 Å². The number of carbonyl (C=O) groups is 2. The van der Waals surface area contributed by atoms with Gasteiger partial charge in [0.05, 0.1) is 6.04 Å². The SMILES string of the molecule is CCC1(C)NC(=O)N(CCCNC(=NC)NC(C)c2ccccc2C)C1=O.I. The van der Waals surface area contributed by atoms with E-state index >= 15 is 0 Å². The monoisotopic (exact) mass is 501 g/mol. The second kappa shape index (κ2) is 10.6. The third kappa shape index (κ3) is 5.59. The molecule has 1 fully saturated rings. The van der Waals surface area contributed by atoms with E-state index in [1.54, 1.807) is 14.0 Å². The van der Waals surface area contributed by atoms with Crippen LogP contribution in [0.2, 0.25) is 0 Å². The van der Waals surface area contributed by atoms with Crippen molar-refractivity contribution in [3.63, 3.8) is 0 Å². The van der Waals surface area contributed by atoms with Crippen LogP contribution in [0.5, 0.6) is 0 Å². The standard InChI is InChI=1S/C20H31N5O2.HI/c1-6-20(4)17(26)25(19(27)24-20)13-9-12-22-18(21-5)23-15(3)16-11-8-7-10-14(16)2;/h7-8,10-11,15H,6,9,12-13H2,1-5H3,(H,24,27)(H2,21,22,23);1H. The summed E-state index contributed by atoms with van der Waals surface area (Å²) in [7, 11) is 1.73. The number of hydrogen-bond acceptors (Lipinski definition) is 3. The number of imide groups is 1. The van der Waals surface area contributed by atoms with Gasteiger partial charge in [0.15, 0.2) is 5.96 Å².